The first-order chi connectivity index (χ1) is 6.13. The number of Topliss-reactive ketones (excluding diaryl/α,β-unsaturated/α-hetero) is 2. The molecule has 4 nitrogen and oxygen atoms in total. The standard InChI is InChI=1S/C9H14O4/c1-3-5-6-7(10)8(11)9(12)13-4-2/h3-6H2,1-2H3. The Balaban J connectivity index is 3.95. The number of ether oxygens (including phenoxy) is 1. The second-order valence-corrected chi connectivity index (χ2v) is 2.58. The molecule has 0 aliphatic carbocycles. The summed E-state index contributed by atoms with van der Waals surface area (Å²) < 4.78 is 4.40. The van der Waals surface area contributed by atoms with Crippen molar-refractivity contribution < 1.29 is 19.1 Å². The summed E-state index contributed by atoms with van der Waals surface area (Å²) in [5, 5.41) is 0. The number of carbonyl (C=O) groups excluding carboxylic acids is 3. The van der Waals surface area contributed by atoms with Crippen molar-refractivity contribution in [3.63, 3.8) is 0 Å². The fourth-order valence-electron chi connectivity index (χ4n) is 0.761. The van der Waals surface area contributed by atoms with Gasteiger partial charge < -0.3 is 4.74 Å². The summed E-state index contributed by atoms with van der Waals surface area (Å²) in [6, 6.07) is 0. The Morgan fingerprint density at radius 3 is 2.23 bits per heavy atom. The van der Waals surface area contributed by atoms with E-state index in [2.05, 4.69) is 4.74 Å². The molecule has 0 aromatic heterocycles. The Bertz CT molecular complexity index is 208. The van der Waals surface area contributed by atoms with Gasteiger partial charge in [0.05, 0.1) is 6.61 Å². The molecule has 13 heavy (non-hydrogen) atoms. The van der Waals surface area contributed by atoms with E-state index in [1.54, 1.807) is 6.92 Å². The van der Waals surface area contributed by atoms with Crippen molar-refractivity contribution in [3.05, 3.63) is 0 Å². The maximum atomic E-state index is 11.0. The van der Waals surface area contributed by atoms with Crippen molar-refractivity contribution in [2.45, 2.75) is 33.1 Å². The van der Waals surface area contributed by atoms with Crippen LogP contribution in [0.1, 0.15) is 33.1 Å². The minimum atomic E-state index is -1.04. The average Bonchev–Trinajstić information content (AvgIpc) is 2.13. The van der Waals surface area contributed by atoms with Crippen LogP contribution < -0.4 is 0 Å². The summed E-state index contributed by atoms with van der Waals surface area (Å²) in [5.41, 5.74) is 0. The zero-order valence-electron chi connectivity index (χ0n) is 7.96. The highest BCUT2D eigenvalue weighted by atomic mass is 16.5. The number of hydrogen-bond acceptors (Lipinski definition) is 4. The predicted molar refractivity (Wildman–Crippen MR) is 46.2 cm³/mol. The quantitative estimate of drug-likeness (QED) is 0.351. The number of hydrogen-bond donors (Lipinski definition) is 0. The van der Waals surface area contributed by atoms with Crippen LogP contribution in [-0.2, 0) is 19.1 Å². The number of carbonyl (C=O) groups is 3. The molecule has 0 bridgehead atoms. The van der Waals surface area contributed by atoms with Gasteiger partial charge in [-0.1, -0.05) is 13.3 Å². The smallest absolute Gasteiger partial charge is 0.382 e. The Kier molecular flexibility index (Phi) is 5.76. The zero-order valence-corrected chi connectivity index (χ0v) is 7.96. The van der Waals surface area contributed by atoms with Crippen LogP contribution >= 0.6 is 0 Å². The van der Waals surface area contributed by atoms with Crippen LogP contribution in [0, 0.1) is 0 Å². The van der Waals surface area contributed by atoms with Crippen LogP contribution in [0.15, 0.2) is 0 Å². The highest BCUT2D eigenvalue weighted by Gasteiger charge is 2.22. The van der Waals surface area contributed by atoms with Crippen molar-refractivity contribution in [2.24, 2.45) is 0 Å². The van der Waals surface area contributed by atoms with E-state index in [1.165, 1.54) is 0 Å². The van der Waals surface area contributed by atoms with E-state index in [1.807, 2.05) is 6.92 Å². The zero-order chi connectivity index (χ0) is 10.3. The number of esters is 1. The second kappa shape index (κ2) is 6.34. The summed E-state index contributed by atoms with van der Waals surface area (Å²) in [5.74, 6) is -2.72. The van der Waals surface area contributed by atoms with Gasteiger partial charge in [-0.3, -0.25) is 9.59 Å². The third-order valence-electron chi connectivity index (χ3n) is 1.47. The minimum Gasteiger partial charge on any atom is -0.460 e. The molecule has 0 atom stereocenters. The first-order valence-electron chi connectivity index (χ1n) is 4.37. The molecule has 0 aromatic rings. The third kappa shape index (κ3) is 4.40. The van der Waals surface area contributed by atoms with Gasteiger partial charge in [0.25, 0.3) is 0 Å². The third-order valence-corrected chi connectivity index (χ3v) is 1.47. The molecule has 0 aliphatic rings. The van der Waals surface area contributed by atoms with Gasteiger partial charge in [-0.05, 0) is 13.3 Å². The van der Waals surface area contributed by atoms with Crippen LogP contribution in [0.5, 0.6) is 0 Å². The van der Waals surface area contributed by atoms with Crippen LogP contribution in [0.4, 0.5) is 0 Å². The van der Waals surface area contributed by atoms with E-state index in [9.17, 15) is 14.4 Å². The van der Waals surface area contributed by atoms with Crippen molar-refractivity contribution in [1.82, 2.24) is 0 Å². The molecule has 0 spiro atoms. The predicted octanol–water partition coefficient (Wildman–Crippen LogP) is 0.878. The van der Waals surface area contributed by atoms with Crippen molar-refractivity contribution in [2.75, 3.05) is 6.61 Å². The van der Waals surface area contributed by atoms with Gasteiger partial charge in [-0.2, -0.15) is 0 Å². The monoisotopic (exact) mass is 186 g/mol. The Morgan fingerprint density at radius 1 is 1.15 bits per heavy atom. The summed E-state index contributed by atoms with van der Waals surface area (Å²) in [6.07, 6.45) is 1.58. The molecule has 0 saturated heterocycles. The molecule has 0 aliphatic heterocycles. The molecular weight excluding hydrogens is 172 g/mol. The van der Waals surface area contributed by atoms with Crippen LogP contribution in [-0.4, -0.2) is 24.1 Å². The fraction of sp³-hybridized carbons (Fsp3) is 0.667. The van der Waals surface area contributed by atoms with Gasteiger partial charge in [0.15, 0.2) is 0 Å². The highest BCUT2D eigenvalue weighted by molar-refractivity contribution is 6.62. The molecule has 0 amide bonds. The Hall–Kier alpha value is -1.19. The molecule has 0 heterocycles. The van der Waals surface area contributed by atoms with Gasteiger partial charge >= 0.3 is 11.8 Å². The maximum Gasteiger partial charge on any atom is 0.382 e. The SMILES string of the molecule is CCCCC(=O)C(=O)C(=O)OCC. The lowest BCUT2D eigenvalue weighted by molar-refractivity contribution is -0.156. The molecule has 0 fully saturated rings. The van der Waals surface area contributed by atoms with Crippen LogP contribution in [0.3, 0.4) is 0 Å². The summed E-state index contributed by atoms with van der Waals surface area (Å²) in [7, 11) is 0. The first kappa shape index (κ1) is 11.8. The van der Waals surface area contributed by atoms with E-state index in [0.717, 1.165) is 6.42 Å². The lowest BCUT2D eigenvalue weighted by Gasteiger charge is -1.98. The van der Waals surface area contributed by atoms with Gasteiger partial charge in [0, 0.05) is 6.42 Å². The molecule has 0 radical (unpaired) electrons. The van der Waals surface area contributed by atoms with Crippen LogP contribution in [0.25, 0.3) is 0 Å². The molecule has 0 saturated carbocycles. The summed E-state index contributed by atoms with van der Waals surface area (Å²) in [6.45, 7) is 3.61. The van der Waals surface area contributed by atoms with E-state index >= 15 is 0 Å². The highest BCUT2D eigenvalue weighted by Crippen LogP contribution is 1.97. The molecule has 4 heteroatoms. The van der Waals surface area contributed by atoms with Gasteiger partial charge in [-0.15, -0.1) is 0 Å². The Morgan fingerprint density at radius 2 is 1.77 bits per heavy atom. The topological polar surface area (TPSA) is 60.4 Å². The molecule has 74 valence electrons. The minimum absolute atomic E-state index is 0.117. The average molecular weight is 186 g/mol. The lowest BCUT2D eigenvalue weighted by atomic mass is 10.1. The van der Waals surface area contributed by atoms with Crippen molar-refractivity contribution in [1.29, 1.82) is 0 Å². The van der Waals surface area contributed by atoms with Crippen molar-refractivity contribution >= 4 is 17.5 Å². The van der Waals surface area contributed by atoms with Crippen molar-refractivity contribution in [3.8, 4) is 0 Å². The first-order valence-corrected chi connectivity index (χ1v) is 4.37. The van der Waals surface area contributed by atoms with Gasteiger partial charge in [-0.25, -0.2) is 4.79 Å². The molecular formula is C9H14O4. The molecule has 0 unspecified atom stereocenters. The number of unbranched alkanes of at least 4 members (excludes halogenated alkanes) is 1. The summed E-state index contributed by atoms with van der Waals surface area (Å²) in [4.78, 5) is 32.6. The molecule has 0 N–H and O–H groups in total. The van der Waals surface area contributed by atoms with E-state index in [-0.39, 0.29) is 13.0 Å². The lowest BCUT2D eigenvalue weighted by Crippen LogP contribution is -2.25. The second-order valence-electron chi connectivity index (χ2n) is 2.58. The van der Waals surface area contributed by atoms with E-state index in [4.69, 9.17) is 0 Å². The Labute approximate surface area is 77.3 Å². The summed E-state index contributed by atoms with van der Waals surface area (Å²) >= 11 is 0. The number of ketones is 2. The van der Waals surface area contributed by atoms with E-state index in [0.29, 0.717) is 6.42 Å². The largest absolute Gasteiger partial charge is 0.460 e. The van der Waals surface area contributed by atoms with Gasteiger partial charge in [0.2, 0.25) is 5.78 Å². The normalized spacial score (nSPS) is 9.38. The maximum absolute atomic E-state index is 11.0. The van der Waals surface area contributed by atoms with Crippen LogP contribution in [0.2, 0.25) is 0 Å². The fourth-order valence-corrected chi connectivity index (χ4v) is 0.761. The molecule has 0 aromatic carbocycles. The number of rotatable bonds is 6. The van der Waals surface area contributed by atoms with E-state index < -0.39 is 17.5 Å². The van der Waals surface area contributed by atoms with Gasteiger partial charge in [0.1, 0.15) is 0 Å². The molecule has 0 rings (SSSR count).